The predicted octanol–water partition coefficient (Wildman–Crippen LogP) is 4.36. The van der Waals surface area contributed by atoms with Crippen LogP contribution in [-0.2, 0) is 0 Å². The van der Waals surface area contributed by atoms with Crippen molar-refractivity contribution in [3.05, 3.63) is 63.6 Å². The van der Waals surface area contributed by atoms with Crippen molar-refractivity contribution in [2.45, 2.75) is 24.8 Å². The highest BCUT2D eigenvalue weighted by molar-refractivity contribution is 9.10. The van der Waals surface area contributed by atoms with Crippen LogP contribution in [0.25, 0.3) is 0 Å². The number of aryl methyl sites for hydroxylation is 2. The molecule has 3 N–H and O–H groups in total. The van der Waals surface area contributed by atoms with Crippen LogP contribution in [0.1, 0.15) is 22.7 Å². The van der Waals surface area contributed by atoms with E-state index in [0.29, 0.717) is 0 Å². The smallest absolute Gasteiger partial charge is 0.0554 e. The Bertz CT molecular complexity index is 586. The van der Waals surface area contributed by atoms with Gasteiger partial charge < -0.3 is 0 Å². The number of nitrogens with one attached hydrogen (secondary N) is 1. The summed E-state index contributed by atoms with van der Waals surface area (Å²) in [7, 11) is 0. The number of hydrogen-bond donors (Lipinski definition) is 2. The first-order valence-electron chi connectivity index (χ1n) is 6.52. The highest BCUT2D eigenvalue weighted by atomic mass is 79.9. The molecule has 2 rings (SSSR count). The van der Waals surface area contributed by atoms with Gasteiger partial charge in [-0.1, -0.05) is 40.2 Å². The van der Waals surface area contributed by atoms with Crippen LogP contribution in [0.3, 0.4) is 0 Å². The van der Waals surface area contributed by atoms with Gasteiger partial charge in [0, 0.05) is 15.1 Å². The number of nitrogens with two attached hydrogens (primary N) is 1. The highest BCUT2D eigenvalue weighted by Crippen LogP contribution is 2.27. The van der Waals surface area contributed by atoms with Gasteiger partial charge >= 0.3 is 0 Å². The van der Waals surface area contributed by atoms with E-state index >= 15 is 0 Å². The predicted molar refractivity (Wildman–Crippen MR) is 90.8 cm³/mol. The lowest BCUT2D eigenvalue weighted by Crippen LogP contribution is -2.29. The second-order valence-electron chi connectivity index (χ2n) is 4.83. The molecule has 0 radical (unpaired) electrons. The SMILES string of the molecule is Cc1ccc(C(CSc2cccc(Br)c2)NN)cc1C. The number of hydrogen-bond acceptors (Lipinski definition) is 3. The van der Waals surface area contributed by atoms with Gasteiger partial charge in [-0.15, -0.1) is 11.8 Å². The van der Waals surface area contributed by atoms with Gasteiger partial charge in [0.2, 0.25) is 0 Å². The normalized spacial score (nSPS) is 12.4. The third-order valence-corrected chi connectivity index (χ3v) is 4.93. The van der Waals surface area contributed by atoms with Crippen molar-refractivity contribution < 1.29 is 0 Å². The summed E-state index contributed by atoms with van der Waals surface area (Å²) in [5, 5.41) is 0. The van der Waals surface area contributed by atoms with Crippen molar-refractivity contribution in [1.82, 2.24) is 5.43 Å². The van der Waals surface area contributed by atoms with Gasteiger partial charge in [-0.2, -0.15) is 0 Å². The first-order valence-corrected chi connectivity index (χ1v) is 8.29. The second-order valence-corrected chi connectivity index (χ2v) is 6.84. The van der Waals surface area contributed by atoms with Crippen molar-refractivity contribution in [1.29, 1.82) is 0 Å². The lowest BCUT2D eigenvalue weighted by atomic mass is 10.0. The maximum atomic E-state index is 5.71. The minimum absolute atomic E-state index is 0.151. The topological polar surface area (TPSA) is 38.0 Å². The number of rotatable bonds is 5. The Hall–Kier alpha value is -0.810. The fraction of sp³-hybridized carbons (Fsp3) is 0.250. The molecule has 20 heavy (non-hydrogen) atoms. The molecule has 0 saturated carbocycles. The zero-order valence-corrected chi connectivity index (χ0v) is 14.1. The average molecular weight is 351 g/mol. The molecule has 0 aromatic heterocycles. The molecule has 106 valence electrons. The van der Waals surface area contributed by atoms with E-state index in [2.05, 4.69) is 65.5 Å². The minimum Gasteiger partial charge on any atom is -0.271 e. The Kier molecular flexibility index (Phi) is 5.66. The summed E-state index contributed by atoms with van der Waals surface area (Å²) in [4.78, 5) is 1.24. The number of halogens is 1. The molecule has 0 saturated heterocycles. The van der Waals surface area contributed by atoms with E-state index < -0.39 is 0 Å². The molecule has 1 unspecified atom stereocenters. The molecule has 2 nitrogen and oxygen atoms in total. The van der Waals surface area contributed by atoms with Crippen LogP contribution in [0.2, 0.25) is 0 Å². The monoisotopic (exact) mass is 350 g/mol. The van der Waals surface area contributed by atoms with E-state index in [0.717, 1.165) is 10.2 Å². The number of hydrazine groups is 1. The van der Waals surface area contributed by atoms with E-state index in [-0.39, 0.29) is 6.04 Å². The Balaban J connectivity index is 2.07. The number of benzene rings is 2. The molecule has 0 aliphatic heterocycles. The van der Waals surface area contributed by atoms with Crippen molar-refractivity contribution in [3.63, 3.8) is 0 Å². The summed E-state index contributed by atoms with van der Waals surface area (Å²) in [6.07, 6.45) is 0. The lowest BCUT2D eigenvalue weighted by molar-refractivity contribution is 0.610. The summed E-state index contributed by atoms with van der Waals surface area (Å²) < 4.78 is 1.10. The van der Waals surface area contributed by atoms with E-state index in [1.54, 1.807) is 11.8 Å². The van der Waals surface area contributed by atoms with E-state index in [1.165, 1.54) is 21.6 Å². The quantitative estimate of drug-likeness (QED) is 0.477. The van der Waals surface area contributed by atoms with Crippen LogP contribution in [0.4, 0.5) is 0 Å². The standard InChI is InChI=1S/C16H19BrN2S/c1-11-6-7-13(8-12(11)2)16(19-18)10-20-15-5-3-4-14(17)9-15/h3-9,16,19H,10,18H2,1-2H3. The summed E-state index contributed by atoms with van der Waals surface area (Å²) in [6.45, 7) is 4.26. The molecule has 0 spiro atoms. The molecular formula is C16H19BrN2S. The van der Waals surface area contributed by atoms with Gasteiger partial charge in [-0.25, -0.2) is 0 Å². The summed E-state index contributed by atoms with van der Waals surface area (Å²) >= 11 is 5.29. The summed E-state index contributed by atoms with van der Waals surface area (Å²) in [6, 6.07) is 15.0. The van der Waals surface area contributed by atoms with Crippen molar-refractivity contribution in [2.24, 2.45) is 5.84 Å². The summed E-state index contributed by atoms with van der Waals surface area (Å²) in [5.74, 6) is 6.61. The molecule has 0 amide bonds. The van der Waals surface area contributed by atoms with E-state index in [9.17, 15) is 0 Å². The molecule has 2 aromatic rings. The van der Waals surface area contributed by atoms with Gasteiger partial charge in [0.05, 0.1) is 6.04 Å². The Morgan fingerprint density at radius 3 is 2.60 bits per heavy atom. The molecule has 1 atom stereocenters. The van der Waals surface area contributed by atoms with Crippen LogP contribution >= 0.6 is 27.7 Å². The first-order chi connectivity index (χ1) is 9.60. The van der Waals surface area contributed by atoms with E-state index in [1.807, 2.05) is 12.1 Å². The van der Waals surface area contributed by atoms with Crippen molar-refractivity contribution in [2.75, 3.05) is 5.75 Å². The van der Waals surface area contributed by atoms with Crippen LogP contribution in [0.5, 0.6) is 0 Å². The molecule has 4 heteroatoms. The Labute approximate surface area is 133 Å². The van der Waals surface area contributed by atoms with E-state index in [4.69, 9.17) is 5.84 Å². The van der Waals surface area contributed by atoms with Crippen LogP contribution in [-0.4, -0.2) is 5.75 Å². The maximum Gasteiger partial charge on any atom is 0.0554 e. The largest absolute Gasteiger partial charge is 0.271 e. The highest BCUT2D eigenvalue weighted by Gasteiger charge is 2.11. The molecule has 0 bridgehead atoms. The molecular weight excluding hydrogens is 332 g/mol. The van der Waals surface area contributed by atoms with Gasteiger partial charge in [0.25, 0.3) is 0 Å². The van der Waals surface area contributed by atoms with Crippen molar-refractivity contribution >= 4 is 27.7 Å². The lowest BCUT2D eigenvalue weighted by Gasteiger charge is -2.17. The zero-order valence-electron chi connectivity index (χ0n) is 11.7. The Morgan fingerprint density at radius 2 is 1.95 bits per heavy atom. The van der Waals surface area contributed by atoms with Crippen LogP contribution in [0, 0.1) is 13.8 Å². The molecule has 0 fully saturated rings. The number of thioether (sulfide) groups is 1. The maximum absolute atomic E-state index is 5.71. The van der Waals surface area contributed by atoms with Gasteiger partial charge in [0.1, 0.15) is 0 Å². The van der Waals surface area contributed by atoms with Crippen molar-refractivity contribution in [3.8, 4) is 0 Å². The average Bonchev–Trinajstić information content (AvgIpc) is 2.43. The van der Waals surface area contributed by atoms with Gasteiger partial charge in [-0.3, -0.25) is 11.3 Å². The first kappa shape index (κ1) is 15.6. The third-order valence-electron chi connectivity index (χ3n) is 3.35. The third kappa shape index (κ3) is 4.09. The van der Waals surface area contributed by atoms with Crippen LogP contribution < -0.4 is 11.3 Å². The fourth-order valence-corrected chi connectivity index (χ4v) is 3.54. The molecule has 0 aliphatic carbocycles. The molecule has 0 heterocycles. The summed E-state index contributed by atoms with van der Waals surface area (Å²) in [5.41, 5.74) is 6.76. The second kappa shape index (κ2) is 7.27. The zero-order chi connectivity index (χ0) is 14.5. The van der Waals surface area contributed by atoms with Gasteiger partial charge in [-0.05, 0) is 48.7 Å². The fourth-order valence-electron chi connectivity index (χ4n) is 1.96. The molecule has 0 aliphatic rings. The minimum atomic E-state index is 0.151. The Morgan fingerprint density at radius 1 is 1.15 bits per heavy atom. The molecule has 2 aromatic carbocycles. The van der Waals surface area contributed by atoms with Crippen LogP contribution in [0.15, 0.2) is 51.8 Å². The van der Waals surface area contributed by atoms with Gasteiger partial charge in [0.15, 0.2) is 0 Å².